The second-order valence-corrected chi connectivity index (χ2v) is 33.1. The van der Waals surface area contributed by atoms with Gasteiger partial charge in [0.05, 0.1) is 69.3 Å². The maximum atomic E-state index is 16.1. The lowest BCUT2D eigenvalue weighted by molar-refractivity contribution is -0.388. The normalized spacial score (nSPS) is 50.1. The third kappa shape index (κ3) is 14.2. The topological polar surface area (TPSA) is 504 Å². The van der Waals surface area contributed by atoms with Gasteiger partial charge in [-0.2, -0.15) is 0 Å². The van der Waals surface area contributed by atoms with Crippen LogP contribution in [0, 0.1) is 50.2 Å². The van der Waals surface area contributed by atoms with Crippen molar-refractivity contribution < 1.29 is 162 Å². The van der Waals surface area contributed by atoms with E-state index < -0.39 is 261 Å². The molecule has 6 heterocycles. The summed E-state index contributed by atoms with van der Waals surface area (Å²) in [6, 6.07) is 6.73. The van der Waals surface area contributed by atoms with Gasteiger partial charge in [0.1, 0.15) is 109 Å². The lowest BCUT2D eigenvalue weighted by Gasteiger charge is -2.71. The van der Waals surface area contributed by atoms with E-state index in [0.717, 1.165) is 11.6 Å². The number of aliphatic hydroxyl groups is 15. The largest absolute Gasteiger partial charge is 0.497 e. The van der Waals surface area contributed by atoms with Gasteiger partial charge in [0.2, 0.25) is 6.29 Å². The molecule has 36 unspecified atom stereocenters. The molecule has 6 saturated heterocycles. The Bertz CT molecular complexity index is 3320. The van der Waals surface area contributed by atoms with E-state index in [4.69, 9.17) is 66.3 Å². The van der Waals surface area contributed by atoms with E-state index in [-0.39, 0.29) is 24.2 Å². The molecule has 106 heavy (non-hydrogen) atoms. The highest BCUT2D eigenvalue weighted by atomic mass is 16.8. The average molecular weight is 1510 g/mol. The summed E-state index contributed by atoms with van der Waals surface area (Å²) in [4.78, 5) is 43.9. The van der Waals surface area contributed by atoms with Crippen LogP contribution in [0.1, 0.15) is 119 Å². The molecule has 4 saturated carbocycles. The van der Waals surface area contributed by atoms with Gasteiger partial charge in [-0.15, -0.1) is 0 Å². The van der Waals surface area contributed by atoms with E-state index >= 15 is 4.79 Å². The number of esters is 2. The number of methoxy groups -OCH3 is 1. The van der Waals surface area contributed by atoms with Crippen molar-refractivity contribution >= 4 is 24.0 Å². The van der Waals surface area contributed by atoms with Crippen LogP contribution in [0.4, 0.5) is 0 Å². The van der Waals surface area contributed by atoms with Crippen LogP contribution < -0.4 is 4.74 Å². The predicted octanol–water partition coefficient (Wildman–Crippen LogP) is -2.10. The molecular weight excluding hydrogens is 1400 g/mol. The van der Waals surface area contributed by atoms with Crippen LogP contribution in [0.15, 0.2) is 42.0 Å². The Kier molecular flexibility index (Phi) is 23.6. The quantitative estimate of drug-likeness (QED) is 0.0305. The number of carboxylic acids is 1. The minimum atomic E-state index is -2.28. The highest BCUT2D eigenvalue weighted by Gasteiger charge is 2.73. The summed E-state index contributed by atoms with van der Waals surface area (Å²) in [5, 5.41) is 178. The van der Waals surface area contributed by atoms with Gasteiger partial charge in [-0.1, -0.05) is 58.4 Å². The first kappa shape index (κ1) is 81.4. The Balaban J connectivity index is 0.839. The van der Waals surface area contributed by atoms with Gasteiger partial charge in [-0.25, -0.2) is 4.79 Å². The first-order chi connectivity index (χ1) is 49.8. The zero-order valence-corrected chi connectivity index (χ0v) is 60.9. The highest BCUT2D eigenvalue weighted by molar-refractivity contribution is 5.87. The van der Waals surface area contributed by atoms with E-state index in [1.807, 2.05) is 6.92 Å². The van der Waals surface area contributed by atoms with Gasteiger partial charge < -0.3 is 148 Å². The molecule has 1 aromatic rings. The number of fused-ring (bicyclic) bond motifs is 7. The molecule has 36 atom stereocenters. The molecule has 33 nitrogen and oxygen atoms in total. The Morgan fingerprint density at radius 3 is 1.84 bits per heavy atom. The summed E-state index contributed by atoms with van der Waals surface area (Å²) in [7, 11) is 1.50. The number of ether oxygens (including phenoxy) is 14. The number of carbonyl (C=O) groups excluding carboxylic acids is 2. The van der Waals surface area contributed by atoms with Crippen molar-refractivity contribution in [1.29, 1.82) is 0 Å². The maximum absolute atomic E-state index is 16.1. The SMILES string of the molecule is COc1ccc(C=CC(=O)OC2C(C)OC(OC(=O)C34CCC(C)(C)CC3C3=CCC5C6(C)CC(O)C(OC7OC(CO)C(O)C(O)C7O)C(C)(C(=O)O)C6CCC5(C)C3(C)CC4)C(OC3OC(C)C(OC4OCC(O)C(OC5OCC(O)C(O)C5O)C4O)C(OC4OCC(O)(CO)C4O)C3O)C2O)cc1. The number of benzene rings is 1. The fourth-order valence-corrected chi connectivity index (χ4v) is 19.8. The number of aliphatic hydroxyl groups excluding tert-OH is 14. The summed E-state index contributed by atoms with van der Waals surface area (Å²) in [5.74, 6) is -3.75. The number of hydrogen-bond acceptors (Lipinski definition) is 32. The van der Waals surface area contributed by atoms with Crippen LogP contribution in [0.3, 0.4) is 0 Å². The Labute approximate surface area is 612 Å². The van der Waals surface area contributed by atoms with Crippen molar-refractivity contribution in [2.24, 2.45) is 50.2 Å². The van der Waals surface area contributed by atoms with E-state index in [1.54, 1.807) is 24.3 Å². The van der Waals surface area contributed by atoms with Crippen LogP contribution in [0.2, 0.25) is 0 Å². The molecule has 0 radical (unpaired) electrons. The summed E-state index contributed by atoms with van der Waals surface area (Å²) in [6.45, 7) is 11.6. The van der Waals surface area contributed by atoms with Crippen molar-refractivity contribution in [3.63, 3.8) is 0 Å². The Morgan fingerprint density at radius 2 is 1.18 bits per heavy atom. The fourth-order valence-electron chi connectivity index (χ4n) is 19.8. The number of carboxylic acid groups (broad SMARTS) is 1. The summed E-state index contributed by atoms with van der Waals surface area (Å²) >= 11 is 0. The predicted molar refractivity (Wildman–Crippen MR) is 357 cm³/mol. The van der Waals surface area contributed by atoms with E-state index in [0.29, 0.717) is 56.3 Å². The number of allylic oxidation sites excluding steroid dienone is 2. The third-order valence-corrected chi connectivity index (χ3v) is 26.3. The van der Waals surface area contributed by atoms with Crippen molar-refractivity contribution in [3.8, 4) is 5.75 Å². The summed E-state index contributed by atoms with van der Waals surface area (Å²) < 4.78 is 84.4. The minimum absolute atomic E-state index is 0.0636. The molecule has 0 spiro atoms. The number of rotatable bonds is 19. The molecule has 5 aliphatic carbocycles. The smallest absolute Gasteiger partial charge is 0.331 e. The van der Waals surface area contributed by atoms with Crippen molar-refractivity contribution in [2.75, 3.05) is 40.1 Å². The van der Waals surface area contributed by atoms with Crippen molar-refractivity contribution in [1.82, 2.24) is 0 Å². The molecule has 12 rings (SSSR count). The van der Waals surface area contributed by atoms with Gasteiger partial charge in [0.25, 0.3) is 0 Å². The first-order valence-corrected chi connectivity index (χ1v) is 36.7. The van der Waals surface area contributed by atoms with Gasteiger partial charge in [0, 0.05) is 6.08 Å². The van der Waals surface area contributed by atoms with Gasteiger partial charge in [0.15, 0.2) is 43.7 Å². The van der Waals surface area contributed by atoms with Crippen LogP contribution >= 0.6 is 0 Å². The molecule has 16 N–H and O–H groups in total. The second kappa shape index (κ2) is 30.8. The van der Waals surface area contributed by atoms with Crippen LogP contribution in [0.5, 0.6) is 5.75 Å². The molecule has 0 aromatic heterocycles. The lowest BCUT2D eigenvalue weighted by atomic mass is 9.33. The van der Waals surface area contributed by atoms with Gasteiger partial charge in [-0.05, 0) is 142 Å². The zero-order chi connectivity index (χ0) is 77.0. The molecule has 598 valence electrons. The number of hydrogen-bond donors (Lipinski definition) is 16. The molecule has 1 aromatic carbocycles. The van der Waals surface area contributed by atoms with Crippen molar-refractivity contribution in [2.45, 2.75) is 285 Å². The molecule has 6 aliphatic heterocycles. The van der Waals surface area contributed by atoms with Gasteiger partial charge in [-0.3, -0.25) is 9.59 Å². The monoisotopic (exact) mass is 1510 g/mol. The standard InChI is InChI=1S/C73H108O33/c1-31-52(100-43(79)17-12-33-10-13-34(93-9)14-11-33)49(85)56(104-62-51(87)55(103-64-57(88)73(92,29-75)30-96-64)53(32(2)97-62)101-60-50(86)54(39(78)28-95-60)102-59-47(83)44(80)38(77)27-94-59)63(98-31)106-66(91)72-22-20-67(3,4)24-36(72)35-15-16-41-68(5)25-37(76)58(105-61-48(84)46(82)45(81)40(26-74)99-61)71(8,65(89)90)42(68)18-19-70(41,7)69(35,6)21-23-72/h10-15,17,31-32,36-42,44-64,74-78,80-88,92H,16,18-30H2,1-9H3,(H,89,90). The third-order valence-electron chi connectivity index (χ3n) is 26.3. The number of carbonyl (C=O) groups is 3. The Morgan fingerprint density at radius 1 is 0.575 bits per heavy atom. The van der Waals surface area contributed by atoms with E-state index in [9.17, 15) is 91.3 Å². The lowest BCUT2D eigenvalue weighted by Crippen LogP contribution is -2.70. The average Bonchev–Trinajstić information content (AvgIpc) is 0.710. The second-order valence-electron chi connectivity index (χ2n) is 33.1. The van der Waals surface area contributed by atoms with E-state index in [2.05, 4.69) is 33.8 Å². The maximum Gasteiger partial charge on any atom is 0.331 e. The van der Waals surface area contributed by atoms with Crippen molar-refractivity contribution in [3.05, 3.63) is 47.6 Å². The Hall–Kier alpha value is -4.13. The molecule has 11 aliphatic rings. The minimum Gasteiger partial charge on any atom is -0.497 e. The molecule has 0 bridgehead atoms. The molecule has 10 fully saturated rings. The van der Waals surface area contributed by atoms with Crippen LogP contribution in [0.25, 0.3) is 6.08 Å². The highest BCUT2D eigenvalue weighted by Crippen LogP contribution is 2.76. The molecule has 33 heteroatoms. The molecule has 0 amide bonds. The summed E-state index contributed by atoms with van der Waals surface area (Å²) in [5.41, 5.74) is -6.22. The van der Waals surface area contributed by atoms with Crippen LogP contribution in [-0.2, 0) is 76.0 Å². The zero-order valence-electron chi connectivity index (χ0n) is 60.9. The molecular formula is C73H108O33. The summed E-state index contributed by atoms with van der Waals surface area (Å²) in [6.07, 6.45) is -38.4. The van der Waals surface area contributed by atoms with E-state index in [1.165, 1.54) is 34.0 Å². The van der Waals surface area contributed by atoms with Crippen LogP contribution in [-0.4, -0.2) is 311 Å². The fraction of sp³-hybridized carbons (Fsp3) is 0.822. The first-order valence-electron chi connectivity index (χ1n) is 36.7. The van der Waals surface area contributed by atoms with Gasteiger partial charge >= 0.3 is 17.9 Å². The number of aliphatic carboxylic acids is 1.